The van der Waals surface area contributed by atoms with Gasteiger partial charge in [0.15, 0.2) is 0 Å². The van der Waals surface area contributed by atoms with Crippen molar-refractivity contribution in [2.24, 2.45) is 11.7 Å². The first-order valence-electron chi connectivity index (χ1n) is 7.69. The third-order valence-corrected chi connectivity index (χ3v) is 5.40. The molecule has 2 N–H and O–H groups in total. The fourth-order valence-corrected chi connectivity index (χ4v) is 3.69. The van der Waals surface area contributed by atoms with Gasteiger partial charge in [-0.15, -0.1) is 0 Å². The zero-order valence-electron chi connectivity index (χ0n) is 12.2. The first kappa shape index (κ1) is 14.3. The summed E-state index contributed by atoms with van der Waals surface area (Å²) in [5.74, 6) is 0.607. The predicted octanol–water partition coefficient (Wildman–Crippen LogP) is 2.39. The molecule has 0 radical (unpaired) electrons. The molecule has 2 aliphatic rings. The quantitative estimate of drug-likeness (QED) is 0.783. The summed E-state index contributed by atoms with van der Waals surface area (Å²) in [6.07, 6.45) is 9.46. The Balaban J connectivity index is 2.04. The van der Waals surface area contributed by atoms with E-state index in [0.717, 1.165) is 25.8 Å². The van der Waals surface area contributed by atoms with Crippen molar-refractivity contribution in [1.82, 2.24) is 4.90 Å². The molecule has 0 aromatic carbocycles. The maximum atomic E-state index is 6.14. The molecule has 1 saturated heterocycles. The largest absolute Gasteiger partial charge is 0.381 e. The zero-order valence-corrected chi connectivity index (χ0v) is 12.2. The maximum absolute atomic E-state index is 6.14. The van der Waals surface area contributed by atoms with Crippen molar-refractivity contribution >= 4 is 0 Å². The summed E-state index contributed by atoms with van der Waals surface area (Å²) in [6.45, 7) is 4.90. The van der Waals surface area contributed by atoms with Crippen molar-refractivity contribution in [3.8, 4) is 0 Å². The molecular formula is C15H30N2O. The Hall–Kier alpha value is -0.120. The third kappa shape index (κ3) is 2.89. The van der Waals surface area contributed by atoms with E-state index in [4.69, 9.17) is 10.5 Å². The SMILES string of the molecule is CN(C1CCCCCC1)C(C)(CN)C1CCOC1. The van der Waals surface area contributed by atoms with Crippen LogP contribution in [0, 0.1) is 5.92 Å². The molecule has 1 heterocycles. The van der Waals surface area contributed by atoms with Gasteiger partial charge in [0, 0.05) is 30.7 Å². The van der Waals surface area contributed by atoms with E-state index < -0.39 is 0 Å². The fraction of sp³-hybridized carbons (Fsp3) is 1.00. The highest BCUT2D eigenvalue weighted by molar-refractivity contribution is 4.96. The Morgan fingerprint density at radius 1 is 1.17 bits per heavy atom. The van der Waals surface area contributed by atoms with Crippen LogP contribution in [0.15, 0.2) is 0 Å². The molecule has 0 spiro atoms. The van der Waals surface area contributed by atoms with Gasteiger partial charge in [-0.2, -0.15) is 0 Å². The first-order chi connectivity index (χ1) is 8.68. The van der Waals surface area contributed by atoms with Crippen molar-refractivity contribution < 1.29 is 4.74 Å². The number of hydrogen-bond donors (Lipinski definition) is 1. The highest BCUT2D eigenvalue weighted by atomic mass is 16.5. The lowest BCUT2D eigenvalue weighted by molar-refractivity contribution is 0.0278. The number of nitrogens with zero attached hydrogens (tertiary/aromatic N) is 1. The summed E-state index contributed by atoms with van der Waals surface area (Å²) in [5, 5.41) is 0. The topological polar surface area (TPSA) is 38.5 Å². The smallest absolute Gasteiger partial charge is 0.0513 e. The van der Waals surface area contributed by atoms with E-state index in [9.17, 15) is 0 Å². The van der Waals surface area contributed by atoms with Crippen LogP contribution in [-0.2, 0) is 4.74 Å². The van der Waals surface area contributed by atoms with Gasteiger partial charge in [0.1, 0.15) is 0 Å². The minimum atomic E-state index is 0.117. The number of ether oxygens (including phenoxy) is 1. The Bertz CT molecular complexity index is 245. The third-order valence-electron chi connectivity index (χ3n) is 5.40. The first-order valence-corrected chi connectivity index (χ1v) is 7.69. The molecule has 2 rings (SSSR count). The van der Waals surface area contributed by atoms with Gasteiger partial charge in [-0.3, -0.25) is 4.90 Å². The van der Waals surface area contributed by atoms with Gasteiger partial charge in [-0.25, -0.2) is 0 Å². The molecule has 1 aliphatic carbocycles. The Kier molecular flexibility index (Phi) is 5.05. The average molecular weight is 254 g/mol. The molecule has 3 heteroatoms. The van der Waals surface area contributed by atoms with E-state index in [0.29, 0.717) is 5.92 Å². The predicted molar refractivity (Wildman–Crippen MR) is 75.6 cm³/mol. The molecule has 3 nitrogen and oxygen atoms in total. The summed E-state index contributed by atoms with van der Waals surface area (Å²) in [7, 11) is 2.29. The van der Waals surface area contributed by atoms with E-state index >= 15 is 0 Å². The minimum Gasteiger partial charge on any atom is -0.381 e. The Labute approximate surface area is 112 Å². The molecule has 1 saturated carbocycles. The molecule has 106 valence electrons. The molecule has 0 aromatic rings. The lowest BCUT2D eigenvalue weighted by Crippen LogP contribution is -2.58. The van der Waals surface area contributed by atoms with E-state index in [1.165, 1.54) is 44.9 Å². The Morgan fingerprint density at radius 3 is 2.33 bits per heavy atom. The highest BCUT2D eigenvalue weighted by Gasteiger charge is 2.41. The number of hydrogen-bond acceptors (Lipinski definition) is 3. The lowest BCUT2D eigenvalue weighted by atomic mass is 9.82. The highest BCUT2D eigenvalue weighted by Crippen LogP contribution is 2.34. The van der Waals surface area contributed by atoms with Crippen LogP contribution in [0.1, 0.15) is 51.9 Å². The van der Waals surface area contributed by atoms with Gasteiger partial charge in [0.2, 0.25) is 0 Å². The summed E-state index contributed by atoms with van der Waals surface area (Å²) >= 11 is 0. The molecule has 0 aromatic heterocycles. The van der Waals surface area contributed by atoms with E-state index in [1.807, 2.05) is 0 Å². The van der Waals surface area contributed by atoms with Crippen molar-refractivity contribution in [1.29, 1.82) is 0 Å². The van der Waals surface area contributed by atoms with Crippen molar-refractivity contribution in [3.05, 3.63) is 0 Å². The molecule has 2 fully saturated rings. The summed E-state index contributed by atoms with van der Waals surface area (Å²) < 4.78 is 5.59. The van der Waals surface area contributed by atoms with Crippen LogP contribution in [0.25, 0.3) is 0 Å². The van der Waals surface area contributed by atoms with Crippen LogP contribution < -0.4 is 5.73 Å². The monoisotopic (exact) mass is 254 g/mol. The molecule has 0 amide bonds. The van der Waals surface area contributed by atoms with Crippen LogP contribution in [-0.4, -0.2) is 43.3 Å². The van der Waals surface area contributed by atoms with Gasteiger partial charge >= 0.3 is 0 Å². The van der Waals surface area contributed by atoms with Crippen LogP contribution in [0.2, 0.25) is 0 Å². The van der Waals surface area contributed by atoms with Crippen molar-refractivity contribution in [2.75, 3.05) is 26.8 Å². The van der Waals surface area contributed by atoms with E-state index in [2.05, 4.69) is 18.9 Å². The maximum Gasteiger partial charge on any atom is 0.0513 e. The molecule has 18 heavy (non-hydrogen) atoms. The van der Waals surface area contributed by atoms with Gasteiger partial charge in [0.25, 0.3) is 0 Å². The summed E-state index contributed by atoms with van der Waals surface area (Å²) in [6, 6.07) is 0.724. The normalized spacial score (nSPS) is 30.3. The average Bonchev–Trinajstić information content (AvgIpc) is 2.80. The molecule has 1 aliphatic heterocycles. The standard InChI is InChI=1S/C15H30N2O/c1-15(12-16,13-9-10-18-11-13)17(2)14-7-5-3-4-6-8-14/h13-14H,3-12,16H2,1-2H3. The van der Waals surface area contributed by atoms with Gasteiger partial charge in [-0.1, -0.05) is 25.7 Å². The minimum absolute atomic E-state index is 0.117. The number of nitrogens with two attached hydrogens (primary N) is 1. The van der Waals surface area contributed by atoms with E-state index in [1.54, 1.807) is 0 Å². The molecule has 2 unspecified atom stereocenters. The molecule has 0 bridgehead atoms. The second-order valence-electron chi connectivity index (χ2n) is 6.38. The number of rotatable bonds is 4. The van der Waals surface area contributed by atoms with Gasteiger partial charge in [0.05, 0.1) is 6.61 Å². The van der Waals surface area contributed by atoms with Crippen LogP contribution in [0.3, 0.4) is 0 Å². The van der Waals surface area contributed by atoms with E-state index in [-0.39, 0.29) is 5.54 Å². The van der Waals surface area contributed by atoms with Crippen LogP contribution in [0.4, 0.5) is 0 Å². The molecule has 2 atom stereocenters. The van der Waals surface area contributed by atoms with Gasteiger partial charge < -0.3 is 10.5 Å². The summed E-state index contributed by atoms with van der Waals surface area (Å²) in [4.78, 5) is 2.59. The second kappa shape index (κ2) is 6.36. The lowest BCUT2D eigenvalue weighted by Gasteiger charge is -2.46. The molecular weight excluding hydrogens is 224 g/mol. The summed E-state index contributed by atoms with van der Waals surface area (Å²) in [5.41, 5.74) is 6.25. The number of likely N-dealkylation sites (N-methyl/N-ethyl adjacent to an activating group) is 1. The van der Waals surface area contributed by atoms with Gasteiger partial charge in [-0.05, 0) is 33.2 Å². The van der Waals surface area contributed by atoms with Crippen molar-refractivity contribution in [2.45, 2.75) is 63.5 Å². The fourth-order valence-electron chi connectivity index (χ4n) is 3.69. The Morgan fingerprint density at radius 2 is 1.83 bits per heavy atom. The van der Waals surface area contributed by atoms with Crippen molar-refractivity contribution in [3.63, 3.8) is 0 Å². The zero-order chi connectivity index (χ0) is 13.0. The van der Waals surface area contributed by atoms with Crippen LogP contribution >= 0.6 is 0 Å². The van der Waals surface area contributed by atoms with Crippen LogP contribution in [0.5, 0.6) is 0 Å². The second-order valence-corrected chi connectivity index (χ2v) is 6.38.